The second-order valence-electron chi connectivity index (χ2n) is 7.52. The summed E-state index contributed by atoms with van der Waals surface area (Å²) in [6, 6.07) is 11.8. The van der Waals surface area contributed by atoms with E-state index in [0.29, 0.717) is 41.8 Å². The maximum absolute atomic E-state index is 13.3. The van der Waals surface area contributed by atoms with E-state index >= 15 is 0 Å². The number of fused-ring (bicyclic) bond motifs is 1. The summed E-state index contributed by atoms with van der Waals surface area (Å²) in [6.07, 6.45) is 1.32. The van der Waals surface area contributed by atoms with E-state index in [4.69, 9.17) is 0 Å². The Morgan fingerprint density at radius 2 is 2.04 bits per heavy atom. The summed E-state index contributed by atoms with van der Waals surface area (Å²) >= 11 is 0. The molecule has 2 N–H and O–H groups in total. The average molecular weight is 369 g/mol. The van der Waals surface area contributed by atoms with Crippen molar-refractivity contribution in [2.24, 2.45) is 0 Å². The number of benzene rings is 2. The van der Waals surface area contributed by atoms with Crippen LogP contribution in [0.2, 0.25) is 0 Å². The number of nitrogens with one attached hydrogen (secondary N) is 1. The van der Waals surface area contributed by atoms with E-state index in [1.807, 2.05) is 18.2 Å². The molecule has 0 radical (unpaired) electrons. The number of H-pyrrole nitrogens is 1. The van der Waals surface area contributed by atoms with Crippen LogP contribution in [0.25, 0.3) is 11.0 Å². The normalized spacial score (nSPS) is 11.7. The number of aryl methyl sites for hydroxylation is 1. The van der Waals surface area contributed by atoms with Gasteiger partial charge in [-0.15, -0.1) is 0 Å². The third kappa shape index (κ3) is 4.92. The molecule has 0 aliphatic heterocycles. The van der Waals surface area contributed by atoms with E-state index in [0.717, 1.165) is 5.56 Å². The Balaban J connectivity index is 1.70. The quantitative estimate of drug-likeness (QED) is 0.696. The Bertz CT molecular complexity index is 959. The summed E-state index contributed by atoms with van der Waals surface area (Å²) in [5, 5.41) is 9.88. The Hall–Kier alpha value is -2.73. The first-order valence-electron chi connectivity index (χ1n) is 8.92. The number of halogens is 1. The van der Waals surface area contributed by atoms with Crippen molar-refractivity contribution < 1.29 is 14.3 Å². The highest BCUT2D eigenvalue weighted by molar-refractivity contribution is 5.94. The van der Waals surface area contributed by atoms with Crippen molar-refractivity contribution in [3.8, 4) is 0 Å². The third-order valence-corrected chi connectivity index (χ3v) is 4.43. The van der Waals surface area contributed by atoms with Gasteiger partial charge in [-0.3, -0.25) is 4.79 Å². The fourth-order valence-electron chi connectivity index (χ4n) is 2.94. The van der Waals surface area contributed by atoms with Crippen LogP contribution in [-0.4, -0.2) is 38.5 Å². The zero-order valence-electron chi connectivity index (χ0n) is 15.8. The first-order valence-corrected chi connectivity index (χ1v) is 8.92. The van der Waals surface area contributed by atoms with Crippen LogP contribution in [-0.2, 0) is 13.0 Å². The van der Waals surface area contributed by atoms with Crippen LogP contribution in [0, 0.1) is 5.82 Å². The van der Waals surface area contributed by atoms with E-state index in [1.54, 1.807) is 37.9 Å². The monoisotopic (exact) mass is 369 g/mol. The summed E-state index contributed by atoms with van der Waals surface area (Å²) in [4.78, 5) is 21.8. The topological polar surface area (TPSA) is 69.2 Å². The molecule has 3 aromatic rings. The lowest BCUT2D eigenvalue weighted by Crippen LogP contribution is -2.26. The van der Waals surface area contributed by atoms with Crippen LogP contribution < -0.4 is 0 Å². The molecule has 5 nitrogen and oxygen atoms in total. The van der Waals surface area contributed by atoms with Gasteiger partial charge in [0.05, 0.1) is 23.2 Å². The molecule has 0 aliphatic rings. The molecule has 6 heteroatoms. The SMILES string of the molecule is CN(Cc1nc2ccc(F)cc2[nH]1)C(=O)c1cccc(CCC(C)(C)O)c1. The molecule has 1 amide bonds. The van der Waals surface area contributed by atoms with Crippen molar-refractivity contribution in [1.29, 1.82) is 0 Å². The molecule has 1 heterocycles. The van der Waals surface area contributed by atoms with Gasteiger partial charge < -0.3 is 15.0 Å². The fraction of sp³-hybridized carbons (Fsp3) is 0.333. The van der Waals surface area contributed by atoms with Gasteiger partial charge in [0.25, 0.3) is 5.91 Å². The second kappa shape index (κ2) is 7.48. The molecule has 0 saturated carbocycles. The molecule has 0 atom stereocenters. The zero-order valence-corrected chi connectivity index (χ0v) is 15.8. The van der Waals surface area contributed by atoms with Gasteiger partial charge in [0, 0.05) is 12.6 Å². The third-order valence-electron chi connectivity index (χ3n) is 4.43. The van der Waals surface area contributed by atoms with Gasteiger partial charge in [-0.05, 0) is 62.6 Å². The summed E-state index contributed by atoms with van der Waals surface area (Å²) in [7, 11) is 1.71. The van der Waals surface area contributed by atoms with Crippen molar-refractivity contribution >= 4 is 16.9 Å². The number of aromatic amines is 1. The molecule has 142 valence electrons. The number of aliphatic hydroxyl groups is 1. The predicted octanol–water partition coefficient (Wildman–Crippen LogP) is 3.68. The van der Waals surface area contributed by atoms with E-state index in [9.17, 15) is 14.3 Å². The van der Waals surface area contributed by atoms with Gasteiger partial charge in [-0.2, -0.15) is 0 Å². The van der Waals surface area contributed by atoms with Gasteiger partial charge in [0.1, 0.15) is 11.6 Å². The summed E-state index contributed by atoms with van der Waals surface area (Å²) in [5.74, 6) is 0.154. The maximum Gasteiger partial charge on any atom is 0.254 e. The number of amides is 1. The smallest absolute Gasteiger partial charge is 0.254 e. The predicted molar refractivity (Wildman–Crippen MR) is 103 cm³/mol. The summed E-state index contributed by atoms with van der Waals surface area (Å²) in [5.41, 5.74) is 2.14. The van der Waals surface area contributed by atoms with E-state index < -0.39 is 5.60 Å². The molecular formula is C21H24FN3O2. The summed E-state index contributed by atoms with van der Waals surface area (Å²) in [6.45, 7) is 3.84. The lowest BCUT2D eigenvalue weighted by Gasteiger charge is -2.18. The zero-order chi connectivity index (χ0) is 19.6. The molecule has 0 bridgehead atoms. The number of hydrogen-bond donors (Lipinski definition) is 2. The highest BCUT2D eigenvalue weighted by Crippen LogP contribution is 2.17. The molecule has 2 aromatic carbocycles. The van der Waals surface area contributed by atoms with Crippen LogP contribution in [0.3, 0.4) is 0 Å². The van der Waals surface area contributed by atoms with Crippen molar-refractivity contribution in [2.75, 3.05) is 7.05 Å². The minimum absolute atomic E-state index is 0.119. The first kappa shape index (κ1) is 19.0. The van der Waals surface area contributed by atoms with Gasteiger partial charge in [0.15, 0.2) is 0 Å². The lowest BCUT2D eigenvalue weighted by molar-refractivity contribution is 0.0714. The van der Waals surface area contributed by atoms with Crippen molar-refractivity contribution in [2.45, 2.75) is 38.8 Å². The minimum Gasteiger partial charge on any atom is -0.390 e. The molecule has 1 aromatic heterocycles. The van der Waals surface area contributed by atoms with E-state index in [1.165, 1.54) is 12.1 Å². The van der Waals surface area contributed by atoms with Gasteiger partial charge in [-0.25, -0.2) is 9.37 Å². The van der Waals surface area contributed by atoms with E-state index in [-0.39, 0.29) is 11.7 Å². The van der Waals surface area contributed by atoms with Crippen LogP contribution in [0.4, 0.5) is 4.39 Å². The maximum atomic E-state index is 13.3. The molecule has 0 fully saturated rings. The highest BCUT2D eigenvalue weighted by atomic mass is 19.1. The van der Waals surface area contributed by atoms with E-state index in [2.05, 4.69) is 9.97 Å². The van der Waals surface area contributed by atoms with Crippen LogP contribution in [0.5, 0.6) is 0 Å². The van der Waals surface area contributed by atoms with Gasteiger partial charge >= 0.3 is 0 Å². The molecule has 0 spiro atoms. The van der Waals surface area contributed by atoms with Crippen molar-refractivity contribution in [3.05, 3.63) is 65.2 Å². The number of aromatic nitrogens is 2. The number of carbonyl (C=O) groups is 1. The summed E-state index contributed by atoms with van der Waals surface area (Å²) < 4.78 is 13.3. The number of rotatable bonds is 6. The highest BCUT2D eigenvalue weighted by Gasteiger charge is 2.16. The Labute approximate surface area is 157 Å². The number of imidazole rings is 1. The van der Waals surface area contributed by atoms with Gasteiger partial charge in [-0.1, -0.05) is 12.1 Å². The fourth-order valence-corrected chi connectivity index (χ4v) is 2.94. The van der Waals surface area contributed by atoms with Crippen molar-refractivity contribution in [3.63, 3.8) is 0 Å². The Kier molecular flexibility index (Phi) is 5.28. The Morgan fingerprint density at radius 1 is 1.26 bits per heavy atom. The Morgan fingerprint density at radius 3 is 2.78 bits per heavy atom. The number of carbonyl (C=O) groups excluding carboxylic acids is 1. The first-order chi connectivity index (χ1) is 12.7. The minimum atomic E-state index is -0.739. The molecule has 0 unspecified atom stereocenters. The molecule has 0 saturated heterocycles. The number of nitrogens with zero attached hydrogens (tertiary/aromatic N) is 2. The van der Waals surface area contributed by atoms with Crippen LogP contribution in [0.1, 0.15) is 42.0 Å². The average Bonchev–Trinajstić information content (AvgIpc) is 3.00. The molecule has 0 aliphatic carbocycles. The second-order valence-corrected chi connectivity index (χ2v) is 7.52. The standard InChI is InChI=1S/C21H24FN3O2/c1-21(2,27)10-9-14-5-4-6-15(11-14)20(26)25(3)13-19-23-17-8-7-16(22)12-18(17)24-19/h4-8,11-12,27H,9-10,13H2,1-3H3,(H,23,24). The largest absolute Gasteiger partial charge is 0.390 e. The molecule has 3 rings (SSSR count). The van der Waals surface area contributed by atoms with Crippen LogP contribution >= 0.6 is 0 Å². The molecular weight excluding hydrogens is 345 g/mol. The van der Waals surface area contributed by atoms with Gasteiger partial charge in [0.2, 0.25) is 0 Å². The van der Waals surface area contributed by atoms with Crippen LogP contribution in [0.15, 0.2) is 42.5 Å². The van der Waals surface area contributed by atoms with Crippen molar-refractivity contribution in [1.82, 2.24) is 14.9 Å². The lowest BCUT2D eigenvalue weighted by atomic mass is 9.98. The molecule has 27 heavy (non-hydrogen) atoms. The number of hydrogen-bond acceptors (Lipinski definition) is 3.